The summed E-state index contributed by atoms with van der Waals surface area (Å²) >= 11 is 0. The van der Waals surface area contributed by atoms with Crippen molar-refractivity contribution in [2.24, 2.45) is 0 Å². The number of nitrogens with zero attached hydrogens (tertiary/aromatic N) is 2. The topological polar surface area (TPSA) is 90.5 Å². The first-order valence-electron chi connectivity index (χ1n) is 9.04. The monoisotopic (exact) mass is 358 g/mol. The number of carbonyl (C=O) groups excluding carboxylic acids is 1. The summed E-state index contributed by atoms with van der Waals surface area (Å²) in [5.74, 6) is 0.567. The zero-order chi connectivity index (χ0) is 18.4. The predicted molar refractivity (Wildman–Crippen MR) is 99.2 cm³/mol. The van der Waals surface area contributed by atoms with Crippen LogP contribution in [0.3, 0.4) is 0 Å². The van der Waals surface area contributed by atoms with Crippen LogP contribution in [0.15, 0.2) is 30.5 Å². The molecule has 1 aromatic carbocycles. The number of hydrogen-bond donors (Lipinski definition) is 3. The molecule has 7 heteroatoms. The Morgan fingerprint density at radius 3 is 3.15 bits per heavy atom. The second kappa shape index (κ2) is 8.82. The largest absolute Gasteiger partial charge is 0.497 e. The third-order valence-corrected chi connectivity index (χ3v) is 4.89. The molecule has 3 rings (SSSR count). The molecule has 1 aliphatic heterocycles. The number of aliphatic hydroxyl groups is 1. The van der Waals surface area contributed by atoms with E-state index in [2.05, 4.69) is 20.4 Å². The van der Waals surface area contributed by atoms with Gasteiger partial charge in [0.25, 0.3) is 5.91 Å². The number of aromatic amines is 1. The number of ether oxygens (including phenoxy) is 1. The zero-order valence-corrected chi connectivity index (χ0v) is 15.1. The van der Waals surface area contributed by atoms with Crippen molar-refractivity contribution in [1.29, 1.82) is 0 Å². The number of likely N-dealkylation sites (tertiary alicyclic amines) is 1. The number of rotatable bonds is 7. The number of H-pyrrole nitrogens is 1. The molecule has 0 saturated carbocycles. The molecular formula is C19H26N4O3. The van der Waals surface area contributed by atoms with Crippen LogP contribution in [0.1, 0.15) is 29.6 Å². The van der Waals surface area contributed by atoms with Crippen LogP contribution in [0.5, 0.6) is 5.75 Å². The molecule has 0 aliphatic carbocycles. The highest BCUT2D eigenvalue weighted by molar-refractivity contribution is 5.99. The molecule has 3 N–H and O–H groups in total. The molecule has 7 nitrogen and oxygen atoms in total. The lowest BCUT2D eigenvalue weighted by atomic mass is 10.0. The zero-order valence-electron chi connectivity index (χ0n) is 15.1. The van der Waals surface area contributed by atoms with Crippen LogP contribution in [0, 0.1) is 0 Å². The summed E-state index contributed by atoms with van der Waals surface area (Å²) in [4.78, 5) is 14.8. The molecule has 1 atom stereocenters. The number of nitrogens with one attached hydrogen (secondary N) is 2. The van der Waals surface area contributed by atoms with Crippen LogP contribution in [-0.4, -0.2) is 65.5 Å². The van der Waals surface area contributed by atoms with Crippen LogP contribution in [0.25, 0.3) is 11.3 Å². The molecule has 2 aromatic rings. The van der Waals surface area contributed by atoms with Crippen molar-refractivity contribution in [1.82, 2.24) is 20.4 Å². The van der Waals surface area contributed by atoms with Gasteiger partial charge in [-0.05, 0) is 31.5 Å². The van der Waals surface area contributed by atoms with Gasteiger partial charge in [-0.25, -0.2) is 0 Å². The third kappa shape index (κ3) is 4.23. The predicted octanol–water partition coefficient (Wildman–Crippen LogP) is 1.66. The SMILES string of the molecule is COc1cccc(-c2[nH]ncc2C(=O)NCCN2CCCC[C@@H]2CO)c1. The highest BCUT2D eigenvalue weighted by atomic mass is 16.5. The lowest BCUT2D eigenvalue weighted by molar-refractivity contribution is 0.0849. The summed E-state index contributed by atoms with van der Waals surface area (Å²) in [5, 5.41) is 19.4. The van der Waals surface area contributed by atoms with E-state index in [-0.39, 0.29) is 18.6 Å². The molecule has 1 saturated heterocycles. The Balaban J connectivity index is 1.61. The van der Waals surface area contributed by atoms with Gasteiger partial charge in [0.1, 0.15) is 5.75 Å². The Bertz CT molecular complexity index is 731. The van der Waals surface area contributed by atoms with Crippen molar-refractivity contribution in [2.75, 3.05) is 33.4 Å². The fourth-order valence-electron chi connectivity index (χ4n) is 3.43. The van der Waals surface area contributed by atoms with Crippen LogP contribution < -0.4 is 10.1 Å². The number of methoxy groups -OCH3 is 1. The van der Waals surface area contributed by atoms with Gasteiger partial charge in [0.05, 0.1) is 31.2 Å². The van der Waals surface area contributed by atoms with Crippen LogP contribution >= 0.6 is 0 Å². The maximum atomic E-state index is 12.6. The van der Waals surface area contributed by atoms with E-state index in [1.165, 1.54) is 0 Å². The van der Waals surface area contributed by atoms with Gasteiger partial charge in [-0.3, -0.25) is 14.8 Å². The van der Waals surface area contributed by atoms with E-state index in [4.69, 9.17) is 4.74 Å². The van der Waals surface area contributed by atoms with Gasteiger partial charge in [0.15, 0.2) is 0 Å². The number of carbonyl (C=O) groups is 1. The number of piperidine rings is 1. The summed E-state index contributed by atoms with van der Waals surface area (Å²) < 4.78 is 5.25. The van der Waals surface area contributed by atoms with Gasteiger partial charge in [-0.2, -0.15) is 5.10 Å². The van der Waals surface area contributed by atoms with Gasteiger partial charge in [0.2, 0.25) is 0 Å². The first-order chi connectivity index (χ1) is 12.7. The molecular weight excluding hydrogens is 332 g/mol. The van der Waals surface area contributed by atoms with Crippen LogP contribution in [-0.2, 0) is 0 Å². The lowest BCUT2D eigenvalue weighted by Crippen LogP contribution is -2.45. The first-order valence-corrected chi connectivity index (χ1v) is 9.04. The van der Waals surface area contributed by atoms with Crippen molar-refractivity contribution < 1.29 is 14.6 Å². The Kier molecular flexibility index (Phi) is 6.25. The van der Waals surface area contributed by atoms with Crippen molar-refractivity contribution in [3.63, 3.8) is 0 Å². The first kappa shape index (κ1) is 18.4. The highest BCUT2D eigenvalue weighted by Gasteiger charge is 2.21. The Labute approximate surface area is 153 Å². The molecule has 26 heavy (non-hydrogen) atoms. The molecule has 1 aliphatic rings. The molecule has 0 spiro atoms. The van der Waals surface area contributed by atoms with E-state index < -0.39 is 0 Å². The fraction of sp³-hybridized carbons (Fsp3) is 0.474. The second-order valence-electron chi connectivity index (χ2n) is 6.51. The van der Waals surface area contributed by atoms with Gasteiger partial charge in [0, 0.05) is 24.7 Å². The van der Waals surface area contributed by atoms with Gasteiger partial charge in [-0.1, -0.05) is 18.6 Å². The van der Waals surface area contributed by atoms with E-state index in [0.29, 0.717) is 17.8 Å². The molecule has 0 radical (unpaired) electrons. The van der Waals surface area contributed by atoms with Crippen molar-refractivity contribution in [3.05, 3.63) is 36.0 Å². The van der Waals surface area contributed by atoms with Gasteiger partial charge >= 0.3 is 0 Å². The molecule has 1 fully saturated rings. The molecule has 140 valence electrons. The van der Waals surface area contributed by atoms with Gasteiger partial charge < -0.3 is 15.2 Å². The van der Waals surface area contributed by atoms with E-state index in [1.807, 2.05) is 24.3 Å². The van der Waals surface area contributed by atoms with E-state index in [9.17, 15) is 9.90 Å². The Hall–Kier alpha value is -2.38. The average molecular weight is 358 g/mol. The summed E-state index contributed by atoms with van der Waals surface area (Å²) in [6, 6.07) is 7.72. The average Bonchev–Trinajstić information content (AvgIpc) is 3.18. The van der Waals surface area contributed by atoms with E-state index in [0.717, 1.165) is 43.7 Å². The molecule has 2 heterocycles. The number of hydrogen-bond acceptors (Lipinski definition) is 5. The van der Waals surface area contributed by atoms with Crippen LogP contribution in [0.2, 0.25) is 0 Å². The van der Waals surface area contributed by atoms with E-state index in [1.54, 1.807) is 13.3 Å². The second-order valence-corrected chi connectivity index (χ2v) is 6.51. The summed E-state index contributed by atoms with van der Waals surface area (Å²) in [6.07, 6.45) is 4.87. The van der Waals surface area contributed by atoms with Crippen molar-refractivity contribution >= 4 is 5.91 Å². The van der Waals surface area contributed by atoms with Gasteiger partial charge in [-0.15, -0.1) is 0 Å². The summed E-state index contributed by atoms with van der Waals surface area (Å²) in [7, 11) is 1.61. The van der Waals surface area contributed by atoms with E-state index >= 15 is 0 Å². The number of amides is 1. The maximum absolute atomic E-state index is 12.6. The highest BCUT2D eigenvalue weighted by Crippen LogP contribution is 2.25. The minimum atomic E-state index is -0.158. The van der Waals surface area contributed by atoms with Crippen molar-refractivity contribution in [3.8, 4) is 17.0 Å². The Morgan fingerprint density at radius 1 is 1.46 bits per heavy atom. The Morgan fingerprint density at radius 2 is 2.35 bits per heavy atom. The van der Waals surface area contributed by atoms with Crippen molar-refractivity contribution in [2.45, 2.75) is 25.3 Å². The number of benzene rings is 1. The lowest BCUT2D eigenvalue weighted by Gasteiger charge is -2.34. The quantitative estimate of drug-likeness (QED) is 0.700. The maximum Gasteiger partial charge on any atom is 0.255 e. The minimum absolute atomic E-state index is 0.158. The number of aromatic nitrogens is 2. The smallest absolute Gasteiger partial charge is 0.255 e. The molecule has 1 aromatic heterocycles. The van der Waals surface area contributed by atoms with Crippen LogP contribution in [0.4, 0.5) is 0 Å². The fourth-order valence-corrected chi connectivity index (χ4v) is 3.43. The normalized spacial score (nSPS) is 17.8. The standard InChI is InChI=1S/C19H26N4O3/c1-26-16-7-4-5-14(11-16)18-17(12-21-22-18)19(25)20-8-10-23-9-3-2-6-15(23)13-24/h4-5,7,11-12,15,24H,2-3,6,8-10,13H2,1H3,(H,20,25)(H,21,22)/t15-/m1/s1. The summed E-state index contributed by atoms with van der Waals surface area (Å²) in [5.41, 5.74) is 2.03. The third-order valence-electron chi connectivity index (χ3n) is 4.89. The number of aliphatic hydroxyl groups excluding tert-OH is 1. The molecule has 0 bridgehead atoms. The summed E-state index contributed by atoms with van der Waals surface area (Å²) in [6.45, 7) is 2.43. The molecule has 0 unspecified atom stereocenters. The minimum Gasteiger partial charge on any atom is -0.497 e. The molecule has 1 amide bonds.